The molecule has 0 aliphatic carbocycles. The first-order valence-electron chi connectivity index (χ1n) is 7.19. The Hall–Kier alpha value is -0.980. The van der Waals surface area contributed by atoms with Gasteiger partial charge in [0.05, 0.1) is 5.69 Å². The molecular weight excluding hydrogens is 401 g/mol. The van der Waals surface area contributed by atoms with E-state index in [2.05, 4.69) is 44.7 Å². The molecule has 4 N–H and O–H groups in total. The van der Waals surface area contributed by atoms with Crippen LogP contribution in [0.4, 0.5) is 5.69 Å². The van der Waals surface area contributed by atoms with Gasteiger partial charge in [0, 0.05) is 16.6 Å². The van der Waals surface area contributed by atoms with Crippen LogP contribution in [-0.2, 0) is 0 Å². The van der Waals surface area contributed by atoms with Crippen LogP contribution in [0.1, 0.15) is 33.1 Å². The maximum absolute atomic E-state index is 6.12. The van der Waals surface area contributed by atoms with E-state index in [1.54, 1.807) is 0 Å². The molecule has 0 aromatic heterocycles. The van der Waals surface area contributed by atoms with Gasteiger partial charge in [-0.25, -0.2) is 4.99 Å². The zero-order valence-corrected chi connectivity index (χ0v) is 16.5. The van der Waals surface area contributed by atoms with Gasteiger partial charge in [0.25, 0.3) is 0 Å². The lowest BCUT2D eigenvalue weighted by Gasteiger charge is -2.39. The zero-order valence-electron chi connectivity index (χ0n) is 13.3. The molecule has 0 saturated carbocycles. The Morgan fingerprint density at radius 2 is 1.61 bits per heavy atom. The Bertz CT molecular complexity index is 537. The Morgan fingerprint density at radius 1 is 1.09 bits per heavy atom. The van der Waals surface area contributed by atoms with E-state index in [0.29, 0.717) is 18.0 Å². The molecule has 1 heterocycles. The van der Waals surface area contributed by atoms with E-state index in [1.807, 2.05) is 24.3 Å². The van der Waals surface area contributed by atoms with Gasteiger partial charge in [-0.15, -0.1) is 24.8 Å². The van der Waals surface area contributed by atoms with Gasteiger partial charge in [0.1, 0.15) is 0 Å². The number of likely N-dealkylation sites (tertiary alicyclic amines) is 1. The molecule has 8 heteroatoms. The Labute approximate surface area is 158 Å². The number of halogens is 3. The third-order valence-electron chi connectivity index (χ3n) is 3.76. The quantitative estimate of drug-likeness (QED) is 0.531. The van der Waals surface area contributed by atoms with Crippen molar-refractivity contribution in [1.82, 2.24) is 4.90 Å². The molecule has 130 valence electrons. The van der Waals surface area contributed by atoms with Crippen LogP contribution in [0.3, 0.4) is 0 Å². The number of nitrogens with two attached hydrogens (primary N) is 2. The minimum absolute atomic E-state index is 0. The first kappa shape index (κ1) is 22.0. The number of hydrogen-bond donors (Lipinski definition) is 2. The van der Waals surface area contributed by atoms with Crippen molar-refractivity contribution in [2.24, 2.45) is 21.5 Å². The monoisotopic (exact) mass is 423 g/mol. The predicted octanol–water partition coefficient (Wildman–Crippen LogP) is 3.82. The van der Waals surface area contributed by atoms with Crippen molar-refractivity contribution < 1.29 is 0 Å². The fourth-order valence-electron chi connectivity index (χ4n) is 2.72. The number of benzene rings is 1. The second-order valence-corrected chi connectivity index (χ2v) is 6.37. The average molecular weight is 425 g/mol. The molecule has 2 unspecified atom stereocenters. The molecule has 2 atom stereocenters. The largest absolute Gasteiger partial charge is 0.369 e. The van der Waals surface area contributed by atoms with E-state index in [4.69, 9.17) is 11.5 Å². The van der Waals surface area contributed by atoms with Crippen molar-refractivity contribution >= 4 is 58.4 Å². The third kappa shape index (κ3) is 6.20. The van der Waals surface area contributed by atoms with Crippen LogP contribution >= 0.6 is 40.7 Å². The highest BCUT2D eigenvalue weighted by atomic mass is 79.9. The standard InChI is InChI=1S/C15H22BrN5.2ClH/c1-10-4-3-5-11(2)21(10)15(18)20-14(17)19-13-8-6-12(16)7-9-13;;/h6-11H,3-5H2,1-2H3,(H4,17,18,19,20);2*1H. The van der Waals surface area contributed by atoms with Gasteiger partial charge in [0.2, 0.25) is 5.96 Å². The van der Waals surface area contributed by atoms with Crippen LogP contribution in [-0.4, -0.2) is 28.9 Å². The summed E-state index contributed by atoms with van der Waals surface area (Å²) in [5.74, 6) is 0.632. The van der Waals surface area contributed by atoms with Gasteiger partial charge in [-0.2, -0.15) is 4.99 Å². The molecule has 1 aromatic carbocycles. The molecule has 1 aromatic rings. The van der Waals surface area contributed by atoms with Crippen molar-refractivity contribution in [3.63, 3.8) is 0 Å². The molecule has 0 spiro atoms. The maximum Gasteiger partial charge on any atom is 0.223 e. The summed E-state index contributed by atoms with van der Waals surface area (Å²) in [6.45, 7) is 4.33. The third-order valence-corrected chi connectivity index (χ3v) is 4.29. The summed E-state index contributed by atoms with van der Waals surface area (Å²) in [4.78, 5) is 10.7. The summed E-state index contributed by atoms with van der Waals surface area (Å²) in [6, 6.07) is 8.34. The van der Waals surface area contributed by atoms with Crippen molar-refractivity contribution in [2.45, 2.75) is 45.2 Å². The fraction of sp³-hybridized carbons (Fsp3) is 0.467. The van der Waals surface area contributed by atoms with Gasteiger partial charge < -0.3 is 16.4 Å². The molecule has 1 fully saturated rings. The number of rotatable bonds is 1. The number of piperidine rings is 1. The number of guanidine groups is 2. The first-order valence-corrected chi connectivity index (χ1v) is 7.99. The molecule has 5 nitrogen and oxygen atoms in total. The van der Waals surface area contributed by atoms with E-state index in [-0.39, 0.29) is 30.8 Å². The van der Waals surface area contributed by atoms with E-state index < -0.39 is 0 Å². The summed E-state index contributed by atoms with van der Waals surface area (Å²) in [5, 5.41) is 0. The molecule has 0 radical (unpaired) electrons. The van der Waals surface area contributed by atoms with Gasteiger partial charge in [-0.1, -0.05) is 15.9 Å². The summed E-state index contributed by atoms with van der Waals surface area (Å²) in [7, 11) is 0. The molecule has 0 bridgehead atoms. The zero-order chi connectivity index (χ0) is 15.4. The molecule has 2 rings (SSSR count). The molecule has 23 heavy (non-hydrogen) atoms. The number of aliphatic imine (C=N–C) groups is 2. The topological polar surface area (TPSA) is 80.0 Å². The first-order chi connectivity index (χ1) is 9.97. The highest BCUT2D eigenvalue weighted by Crippen LogP contribution is 2.22. The van der Waals surface area contributed by atoms with Crippen molar-refractivity contribution in [3.8, 4) is 0 Å². The Morgan fingerprint density at radius 3 is 2.13 bits per heavy atom. The molecule has 1 aliphatic rings. The molecule has 0 amide bonds. The summed E-state index contributed by atoms with van der Waals surface area (Å²) in [6.07, 6.45) is 3.49. The van der Waals surface area contributed by atoms with Crippen LogP contribution in [0.5, 0.6) is 0 Å². The second-order valence-electron chi connectivity index (χ2n) is 5.45. The van der Waals surface area contributed by atoms with Crippen LogP contribution in [0.25, 0.3) is 0 Å². The highest BCUT2D eigenvalue weighted by Gasteiger charge is 2.26. The fourth-order valence-corrected chi connectivity index (χ4v) is 2.99. The van der Waals surface area contributed by atoms with Crippen LogP contribution in [0, 0.1) is 0 Å². The van der Waals surface area contributed by atoms with Crippen molar-refractivity contribution in [2.75, 3.05) is 0 Å². The lowest BCUT2D eigenvalue weighted by molar-refractivity contribution is 0.189. The maximum atomic E-state index is 6.12. The van der Waals surface area contributed by atoms with E-state index >= 15 is 0 Å². The minimum atomic E-state index is 0. The second kappa shape index (κ2) is 10.0. The van der Waals surface area contributed by atoms with Crippen molar-refractivity contribution in [1.29, 1.82) is 0 Å². The lowest BCUT2D eigenvalue weighted by Crippen LogP contribution is -2.51. The van der Waals surface area contributed by atoms with Crippen LogP contribution in [0.15, 0.2) is 38.7 Å². The molecular formula is C15H24BrCl2N5. The van der Waals surface area contributed by atoms with E-state index in [1.165, 1.54) is 6.42 Å². The summed E-state index contributed by atoms with van der Waals surface area (Å²) < 4.78 is 0.999. The van der Waals surface area contributed by atoms with Crippen LogP contribution < -0.4 is 11.5 Å². The van der Waals surface area contributed by atoms with E-state index in [9.17, 15) is 0 Å². The summed E-state index contributed by atoms with van der Waals surface area (Å²) in [5.41, 5.74) is 12.8. The lowest BCUT2D eigenvalue weighted by atomic mass is 9.98. The van der Waals surface area contributed by atoms with Gasteiger partial charge >= 0.3 is 0 Å². The number of nitrogens with zero attached hydrogens (tertiary/aromatic N) is 3. The van der Waals surface area contributed by atoms with Gasteiger partial charge in [-0.05, 0) is 57.4 Å². The smallest absolute Gasteiger partial charge is 0.223 e. The van der Waals surface area contributed by atoms with Crippen LogP contribution in [0.2, 0.25) is 0 Å². The Kier molecular flexibility index (Phi) is 9.58. The van der Waals surface area contributed by atoms with Gasteiger partial charge in [-0.3, -0.25) is 0 Å². The minimum Gasteiger partial charge on any atom is -0.369 e. The summed E-state index contributed by atoms with van der Waals surface area (Å²) >= 11 is 3.38. The van der Waals surface area contributed by atoms with Crippen molar-refractivity contribution in [3.05, 3.63) is 28.7 Å². The van der Waals surface area contributed by atoms with E-state index in [0.717, 1.165) is 23.0 Å². The normalized spacial score (nSPS) is 22.1. The molecule has 1 saturated heterocycles. The Balaban J connectivity index is 0.00000242. The molecule has 1 aliphatic heterocycles. The predicted molar refractivity (Wildman–Crippen MR) is 106 cm³/mol. The SMILES string of the molecule is CC1CCCC(C)N1/C(N)=N/C(N)=Nc1ccc(Br)cc1.Cl.Cl. The number of hydrogen-bond acceptors (Lipinski definition) is 1. The van der Waals surface area contributed by atoms with Gasteiger partial charge in [0.15, 0.2) is 5.96 Å². The highest BCUT2D eigenvalue weighted by molar-refractivity contribution is 9.10. The average Bonchev–Trinajstić information content (AvgIpc) is 2.41.